The Hall–Kier alpha value is -3.12. The molecule has 1 atom stereocenters. The number of hydrogen-bond donors (Lipinski definition) is 0. The summed E-state index contributed by atoms with van der Waals surface area (Å²) in [7, 11) is 0. The smallest absolute Gasteiger partial charge is 0.257 e. The molecule has 6 heteroatoms. The number of rotatable bonds is 7. The zero-order chi connectivity index (χ0) is 20.5. The maximum atomic E-state index is 13.4. The molecule has 2 aliphatic rings. The average molecular weight is 403 g/mol. The highest BCUT2D eigenvalue weighted by Crippen LogP contribution is 2.34. The maximum absolute atomic E-state index is 13.4. The predicted molar refractivity (Wildman–Crippen MR) is 113 cm³/mol. The fraction of sp³-hybridized carbons (Fsp3) is 0.333. The van der Waals surface area contributed by atoms with Gasteiger partial charge in [-0.2, -0.15) is 5.10 Å². The molecule has 2 aromatic heterocycles. The lowest BCUT2D eigenvalue weighted by Crippen LogP contribution is -2.39. The monoisotopic (exact) mass is 403 g/mol. The fourth-order valence-corrected chi connectivity index (χ4v) is 3.96. The lowest BCUT2D eigenvalue weighted by molar-refractivity contribution is -0.134. The number of benzene rings is 1. The van der Waals surface area contributed by atoms with Crippen molar-refractivity contribution in [1.82, 2.24) is 9.91 Å². The van der Waals surface area contributed by atoms with E-state index in [1.807, 2.05) is 24.3 Å². The highest BCUT2D eigenvalue weighted by Gasteiger charge is 2.38. The molecule has 0 spiro atoms. The number of carbonyl (C=O) groups is 1. The Labute approximate surface area is 175 Å². The quantitative estimate of drug-likeness (QED) is 0.582. The van der Waals surface area contributed by atoms with E-state index >= 15 is 0 Å². The second-order valence-electron chi connectivity index (χ2n) is 8.12. The summed E-state index contributed by atoms with van der Waals surface area (Å²) < 4.78 is 11.1. The van der Waals surface area contributed by atoms with Gasteiger partial charge in [-0.3, -0.25) is 9.69 Å². The minimum absolute atomic E-state index is 0.0167. The summed E-state index contributed by atoms with van der Waals surface area (Å²) in [4.78, 5) is 15.6. The third kappa shape index (κ3) is 3.96. The molecule has 1 aliphatic carbocycles. The Balaban J connectivity index is 1.36. The largest absolute Gasteiger partial charge is 0.467 e. The minimum atomic E-state index is -0.243. The van der Waals surface area contributed by atoms with Crippen molar-refractivity contribution in [2.45, 2.75) is 44.8 Å². The molecular weight excluding hydrogens is 378 g/mol. The molecule has 0 radical (unpaired) electrons. The lowest BCUT2D eigenvalue weighted by Gasteiger charge is -2.26. The molecule has 5 rings (SSSR count). The first-order valence-electron chi connectivity index (χ1n) is 10.4. The van der Waals surface area contributed by atoms with Crippen molar-refractivity contribution in [3.8, 4) is 0 Å². The third-order valence-electron chi connectivity index (χ3n) is 5.75. The number of hydrogen-bond acceptors (Lipinski definition) is 5. The summed E-state index contributed by atoms with van der Waals surface area (Å²) in [5, 5.41) is 6.22. The molecule has 30 heavy (non-hydrogen) atoms. The van der Waals surface area contributed by atoms with Crippen LogP contribution in [-0.4, -0.2) is 34.1 Å². The zero-order valence-corrected chi connectivity index (χ0v) is 17.0. The van der Waals surface area contributed by atoms with Crippen LogP contribution in [0.1, 0.15) is 48.0 Å². The Kier molecular flexibility index (Phi) is 5.01. The van der Waals surface area contributed by atoms with Crippen molar-refractivity contribution < 1.29 is 13.6 Å². The number of hydrazone groups is 1. The molecule has 0 saturated heterocycles. The van der Waals surface area contributed by atoms with Crippen LogP contribution in [0.4, 0.5) is 0 Å². The van der Waals surface area contributed by atoms with E-state index in [9.17, 15) is 4.79 Å². The first-order valence-corrected chi connectivity index (χ1v) is 10.4. The molecule has 6 nitrogen and oxygen atoms in total. The summed E-state index contributed by atoms with van der Waals surface area (Å²) in [6, 6.07) is 16.2. The number of nitrogens with zero attached hydrogens (tertiary/aromatic N) is 3. The van der Waals surface area contributed by atoms with Crippen LogP contribution < -0.4 is 0 Å². The van der Waals surface area contributed by atoms with Gasteiger partial charge >= 0.3 is 0 Å². The molecule has 1 amide bonds. The zero-order valence-electron chi connectivity index (χ0n) is 17.0. The average Bonchev–Trinajstić information content (AvgIpc) is 3.18. The van der Waals surface area contributed by atoms with E-state index < -0.39 is 0 Å². The summed E-state index contributed by atoms with van der Waals surface area (Å²) in [6.45, 7) is 3.19. The summed E-state index contributed by atoms with van der Waals surface area (Å²) in [5.41, 5.74) is 3.24. The van der Waals surface area contributed by atoms with Crippen molar-refractivity contribution >= 4 is 11.6 Å². The van der Waals surface area contributed by atoms with Crippen molar-refractivity contribution in [3.05, 3.63) is 83.7 Å². The van der Waals surface area contributed by atoms with Gasteiger partial charge in [-0.25, -0.2) is 5.01 Å². The number of aryl methyl sites for hydroxylation is 1. The molecule has 3 aromatic rings. The molecule has 1 fully saturated rings. The Morgan fingerprint density at radius 3 is 2.53 bits per heavy atom. The third-order valence-corrected chi connectivity index (χ3v) is 5.75. The van der Waals surface area contributed by atoms with Gasteiger partial charge in [0.25, 0.3) is 5.91 Å². The maximum Gasteiger partial charge on any atom is 0.257 e. The highest BCUT2D eigenvalue weighted by molar-refractivity contribution is 6.01. The van der Waals surface area contributed by atoms with E-state index in [0.717, 1.165) is 30.9 Å². The summed E-state index contributed by atoms with van der Waals surface area (Å²) >= 11 is 0. The topological polar surface area (TPSA) is 62.2 Å². The second kappa shape index (κ2) is 7.95. The van der Waals surface area contributed by atoms with Crippen LogP contribution in [-0.2, 0) is 11.3 Å². The molecule has 1 aromatic carbocycles. The number of furan rings is 2. The van der Waals surface area contributed by atoms with Gasteiger partial charge in [-0.1, -0.05) is 29.8 Å². The van der Waals surface area contributed by atoms with E-state index in [0.29, 0.717) is 24.8 Å². The molecule has 3 heterocycles. The standard InChI is InChI=1S/C24H25N3O3/c1-17-6-8-18(9-7-17)15-26(19-10-11-19)16-24(28)27-21(23-5-3-13-30-23)14-20(25-27)22-4-2-12-29-22/h2-9,12-13,19,21H,10-11,14-16H2,1H3. The Morgan fingerprint density at radius 2 is 1.87 bits per heavy atom. The van der Waals surface area contributed by atoms with E-state index in [2.05, 4.69) is 41.2 Å². The number of amides is 1. The molecule has 1 unspecified atom stereocenters. The van der Waals surface area contributed by atoms with Crippen molar-refractivity contribution in [2.75, 3.05) is 6.54 Å². The first-order chi connectivity index (χ1) is 14.7. The summed E-state index contributed by atoms with van der Waals surface area (Å²) in [5.74, 6) is 1.42. The van der Waals surface area contributed by atoms with Crippen molar-refractivity contribution in [1.29, 1.82) is 0 Å². The van der Waals surface area contributed by atoms with Gasteiger partial charge in [0, 0.05) is 19.0 Å². The minimum Gasteiger partial charge on any atom is -0.467 e. The normalized spacial score (nSPS) is 18.8. The van der Waals surface area contributed by atoms with E-state index in [-0.39, 0.29) is 11.9 Å². The van der Waals surface area contributed by atoms with Crippen molar-refractivity contribution in [3.63, 3.8) is 0 Å². The fourth-order valence-electron chi connectivity index (χ4n) is 3.96. The molecule has 0 N–H and O–H groups in total. The van der Waals surface area contributed by atoms with E-state index in [1.54, 1.807) is 17.5 Å². The van der Waals surface area contributed by atoms with Crippen LogP contribution in [0, 0.1) is 6.92 Å². The lowest BCUT2D eigenvalue weighted by atomic mass is 10.1. The Morgan fingerprint density at radius 1 is 1.10 bits per heavy atom. The molecule has 0 bridgehead atoms. The van der Waals surface area contributed by atoms with Crippen LogP contribution in [0.25, 0.3) is 0 Å². The number of carbonyl (C=O) groups excluding carboxylic acids is 1. The summed E-state index contributed by atoms with van der Waals surface area (Å²) in [6.07, 6.45) is 6.12. The van der Waals surface area contributed by atoms with Crippen LogP contribution in [0.2, 0.25) is 0 Å². The Bertz CT molecular complexity index is 1020. The molecule has 1 aliphatic heterocycles. The van der Waals surface area contributed by atoms with Gasteiger partial charge in [-0.05, 0) is 49.6 Å². The van der Waals surface area contributed by atoms with E-state index in [4.69, 9.17) is 8.83 Å². The van der Waals surface area contributed by atoms with Gasteiger partial charge in [0.2, 0.25) is 0 Å². The van der Waals surface area contributed by atoms with Gasteiger partial charge < -0.3 is 8.83 Å². The van der Waals surface area contributed by atoms with Gasteiger partial charge in [-0.15, -0.1) is 0 Å². The first kappa shape index (κ1) is 18.9. The van der Waals surface area contributed by atoms with Crippen LogP contribution in [0.5, 0.6) is 0 Å². The van der Waals surface area contributed by atoms with Crippen LogP contribution in [0.3, 0.4) is 0 Å². The molecular formula is C24H25N3O3. The SMILES string of the molecule is Cc1ccc(CN(CC(=O)N2N=C(c3ccco3)CC2c2ccco2)C2CC2)cc1. The molecule has 1 saturated carbocycles. The van der Waals surface area contributed by atoms with Crippen LogP contribution >= 0.6 is 0 Å². The van der Waals surface area contributed by atoms with Gasteiger partial charge in [0.1, 0.15) is 23.3 Å². The van der Waals surface area contributed by atoms with Crippen LogP contribution in [0.15, 0.2) is 75.0 Å². The second-order valence-corrected chi connectivity index (χ2v) is 8.12. The van der Waals surface area contributed by atoms with Gasteiger partial charge in [0.05, 0.1) is 19.1 Å². The van der Waals surface area contributed by atoms with Gasteiger partial charge in [0.15, 0.2) is 0 Å². The molecule has 154 valence electrons. The highest BCUT2D eigenvalue weighted by atomic mass is 16.3. The van der Waals surface area contributed by atoms with Crippen molar-refractivity contribution in [2.24, 2.45) is 5.10 Å². The predicted octanol–water partition coefficient (Wildman–Crippen LogP) is 4.52. The van der Waals surface area contributed by atoms with E-state index in [1.165, 1.54) is 11.1 Å².